The first-order valence-electron chi connectivity index (χ1n) is 2.55. The van der Waals surface area contributed by atoms with E-state index in [1.54, 1.807) is 0 Å². The summed E-state index contributed by atoms with van der Waals surface area (Å²) < 4.78 is 0. The first-order chi connectivity index (χ1) is 4.72. The number of benzene rings is 1. The van der Waals surface area contributed by atoms with E-state index >= 15 is 0 Å². The van der Waals surface area contributed by atoms with E-state index in [0.717, 1.165) is 6.07 Å². The molecule has 0 bridgehead atoms. The van der Waals surface area contributed by atoms with Crippen LogP contribution in [0.15, 0.2) is 18.2 Å². The fourth-order valence-electron chi connectivity index (χ4n) is 0.568. The first kappa shape index (κ1) is 6.54. The number of nitro groups is 1. The van der Waals surface area contributed by atoms with Crippen LogP contribution in [0.1, 0.15) is 0 Å². The molecule has 0 heterocycles. The molecule has 0 aromatic heterocycles. The number of aromatic hydroxyl groups is 1. The van der Waals surface area contributed by atoms with Gasteiger partial charge in [-0.05, 0) is 18.2 Å². The molecule has 0 aliphatic heterocycles. The van der Waals surface area contributed by atoms with Crippen molar-refractivity contribution >= 4 is 5.69 Å². The van der Waals surface area contributed by atoms with Gasteiger partial charge in [-0.1, -0.05) is 0 Å². The van der Waals surface area contributed by atoms with Gasteiger partial charge in [0.05, 0.1) is 4.92 Å². The highest BCUT2D eigenvalue weighted by Crippen LogP contribution is 2.22. The molecule has 0 spiro atoms. The summed E-state index contributed by atoms with van der Waals surface area (Å²) >= 11 is 0. The lowest BCUT2D eigenvalue weighted by atomic mass is 10.3. The highest BCUT2D eigenvalue weighted by Gasteiger charge is 2.09. The lowest BCUT2D eigenvalue weighted by molar-refractivity contribution is -0.385. The summed E-state index contributed by atoms with van der Waals surface area (Å²) in [6.07, 6.45) is 0. The number of hydrogen-bond donors (Lipinski definition) is 1. The van der Waals surface area contributed by atoms with Gasteiger partial charge in [-0.25, -0.2) is 0 Å². The van der Waals surface area contributed by atoms with E-state index < -0.39 is 4.92 Å². The molecular weight excluding hydrogens is 134 g/mol. The maximum Gasteiger partial charge on any atom is 0.310 e. The summed E-state index contributed by atoms with van der Waals surface area (Å²) in [5.41, 5.74) is -0.293. The minimum atomic E-state index is -0.650. The topological polar surface area (TPSA) is 63.4 Å². The molecule has 1 aromatic carbocycles. The Morgan fingerprint density at radius 3 is 2.80 bits per heavy atom. The van der Waals surface area contributed by atoms with Gasteiger partial charge >= 0.3 is 5.69 Å². The van der Waals surface area contributed by atoms with Crippen molar-refractivity contribution in [3.63, 3.8) is 0 Å². The molecule has 0 aliphatic rings. The van der Waals surface area contributed by atoms with Crippen LogP contribution in [0.4, 0.5) is 5.69 Å². The number of nitro benzene ring substituents is 1. The SMILES string of the molecule is O=[N+]([O-])c1cc[c]cc1O. The van der Waals surface area contributed by atoms with Gasteiger partial charge in [-0.3, -0.25) is 10.1 Å². The fourth-order valence-corrected chi connectivity index (χ4v) is 0.568. The molecule has 0 fully saturated rings. The summed E-state index contributed by atoms with van der Waals surface area (Å²) in [4.78, 5) is 9.40. The lowest BCUT2D eigenvalue weighted by Crippen LogP contribution is -1.86. The summed E-state index contributed by atoms with van der Waals surface area (Å²) in [6, 6.07) is 6.22. The van der Waals surface area contributed by atoms with E-state index in [1.165, 1.54) is 12.1 Å². The molecule has 10 heavy (non-hydrogen) atoms. The minimum absolute atomic E-state index is 0.293. The monoisotopic (exact) mass is 138 g/mol. The molecule has 0 atom stereocenters. The Balaban J connectivity index is 3.15. The highest BCUT2D eigenvalue weighted by molar-refractivity contribution is 5.43. The van der Waals surface area contributed by atoms with Gasteiger partial charge in [0.1, 0.15) is 0 Å². The number of phenols is 1. The third-order valence-electron chi connectivity index (χ3n) is 1.02. The molecule has 4 nitrogen and oxygen atoms in total. The second-order valence-corrected chi connectivity index (χ2v) is 1.67. The van der Waals surface area contributed by atoms with Crippen molar-refractivity contribution < 1.29 is 10.0 Å². The molecule has 1 rings (SSSR count). The zero-order valence-corrected chi connectivity index (χ0v) is 4.94. The van der Waals surface area contributed by atoms with Crippen molar-refractivity contribution in [2.75, 3.05) is 0 Å². The Morgan fingerprint density at radius 1 is 1.70 bits per heavy atom. The van der Waals surface area contributed by atoms with Gasteiger partial charge in [0.15, 0.2) is 5.75 Å². The average molecular weight is 138 g/mol. The summed E-state index contributed by atoms with van der Waals surface area (Å²) in [5.74, 6) is -0.354. The third kappa shape index (κ3) is 1.05. The smallest absolute Gasteiger partial charge is 0.310 e. The van der Waals surface area contributed by atoms with Crippen molar-refractivity contribution in [2.24, 2.45) is 0 Å². The summed E-state index contributed by atoms with van der Waals surface area (Å²) in [5, 5.41) is 18.9. The Hall–Kier alpha value is -1.58. The maximum absolute atomic E-state index is 10.1. The largest absolute Gasteiger partial charge is 0.502 e. The molecule has 1 aromatic rings. The number of rotatable bonds is 1. The van der Waals surface area contributed by atoms with E-state index in [4.69, 9.17) is 5.11 Å². The predicted octanol–water partition coefficient (Wildman–Crippen LogP) is 1.10. The third-order valence-corrected chi connectivity index (χ3v) is 1.02. The van der Waals surface area contributed by atoms with Crippen molar-refractivity contribution in [3.8, 4) is 5.75 Å². The van der Waals surface area contributed by atoms with Crippen LogP contribution in [0, 0.1) is 16.2 Å². The van der Waals surface area contributed by atoms with Crippen LogP contribution in [-0.4, -0.2) is 10.0 Å². The van der Waals surface area contributed by atoms with Crippen LogP contribution in [0.5, 0.6) is 5.75 Å². The van der Waals surface area contributed by atoms with E-state index in [9.17, 15) is 10.1 Å². The second-order valence-electron chi connectivity index (χ2n) is 1.67. The normalized spacial score (nSPS) is 9.20. The zero-order chi connectivity index (χ0) is 7.56. The van der Waals surface area contributed by atoms with E-state index in [0.29, 0.717) is 0 Å². The van der Waals surface area contributed by atoms with Gasteiger partial charge < -0.3 is 5.11 Å². The van der Waals surface area contributed by atoms with E-state index in [1.807, 2.05) is 0 Å². The predicted molar refractivity (Wildman–Crippen MR) is 33.6 cm³/mol. The van der Waals surface area contributed by atoms with Gasteiger partial charge in [-0.2, -0.15) is 0 Å². The standard InChI is InChI=1S/C6H4NO3/c8-6-4-2-1-3-5(6)7(9)10/h1,3-4,8H. The van der Waals surface area contributed by atoms with Crippen molar-refractivity contribution in [1.82, 2.24) is 0 Å². The molecule has 0 aliphatic carbocycles. The van der Waals surface area contributed by atoms with Crippen molar-refractivity contribution in [2.45, 2.75) is 0 Å². The van der Waals surface area contributed by atoms with Gasteiger partial charge in [0.25, 0.3) is 0 Å². The van der Waals surface area contributed by atoms with Crippen LogP contribution >= 0.6 is 0 Å². The molecule has 51 valence electrons. The zero-order valence-electron chi connectivity index (χ0n) is 4.94. The Kier molecular flexibility index (Phi) is 1.53. The second kappa shape index (κ2) is 2.34. The molecule has 0 amide bonds. The molecule has 1 N–H and O–H groups in total. The fraction of sp³-hybridized carbons (Fsp3) is 0. The lowest BCUT2D eigenvalue weighted by Gasteiger charge is -1.91. The van der Waals surface area contributed by atoms with Crippen molar-refractivity contribution in [1.29, 1.82) is 0 Å². The van der Waals surface area contributed by atoms with E-state index in [2.05, 4.69) is 6.07 Å². The summed E-state index contributed by atoms with van der Waals surface area (Å²) in [7, 11) is 0. The van der Waals surface area contributed by atoms with Crippen LogP contribution < -0.4 is 0 Å². The molecule has 0 saturated heterocycles. The number of phenolic OH excluding ortho intramolecular Hbond substituents is 1. The average Bonchev–Trinajstić information content (AvgIpc) is 1.88. The van der Waals surface area contributed by atoms with Gasteiger partial charge in [0, 0.05) is 6.07 Å². The quantitative estimate of drug-likeness (QED) is 0.466. The van der Waals surface area contributed by atoms with Crippen molar-refractivity contribution in [3.05, 3.63) is 34.4 Å². The van der Waals surface area contributed by atoms with Crippen LogP contribution in [0.2, 0.25) is 0 Å². The minimum Gasteiger partial charge on any atom is -0.502 e. The molecule has 4 heteroatoms. The number of nitrogens with zero attached hydrogens (tertiary/aromatic N) is 1. The van der Waals surface area contributed by atoms with Crippen LogP contribution in [0.25, 0.3) is 0 Å². The Morgan fingerprint density at radius 2 is 2.40 bits per heavy atom. The molecular formula is C6H4NO3. The van der Waals surface area contributed by atoms with Gasteiger partial charge in [0.2, 0.25) is 0 Å². The molecule has 0 saturated carbocycles. The Bertz CT molecular complexity index is 259. The van der Waals surface area contributed by atoms with Crippen LogP contribution in [0.3, 0.4) is 0 Å². The summed E-state index contributed by atoms with van der Waals surface area (Å²) in [6.45, 7) is 0. The Labute approximate surface area is 56.9 Å². The maximum atomic E-state index is 10.1. The molecule has 1 radical (unpaired) electrons. The van der Waals surface area contributed by atoms with E-state index in [-0.39, 0.29) is 11.4 Å². The number of hydrogen-bond acceptors (Lipinski definition) is 3. The van der Waals surface area contributed by atoms with Gasteiger partial charge in [-0.15, -0.1) is 0 Å². The van der Waals surface area contributed by atoms with Crippen LogP contribution in [-0.2, 0) is 0 Å². The first-order valence-corrected chi connectivity index (χ1v) is 2.55. The highest BCUT2D eigenvalue weighted by atomic mass is 16.6. The molecule has 0 unspecified atom stereocenters.